The van der Waals surface area contributed by atoms with Crippen LogP contribution in [0.2, 0.25) is 0 Å². The maximum atomic E-state index is 12.0. The van der Waals surface area contributed by atoms with E-state index >= 15 is 0 Å². The summed E-state index contributed by atoms with van der Waals surface area (Å²) < 4.78 is 5.56. The van der Waals surface area contributed by atoms with E-state index in [0.29, 0.717) is 19.6 Å². The van der Waals surface area contributed by atoms with Crippen molar-refractivity contribution in [2.24, 2.45) is 0 Å². The molecule has 0 aromatic rings. The van der Waals surface area contributed by atoms with Gasteiger partial charge in [0.25, 0.3) is 0 Å². The maximum absolute atomic E-state index is 12.0. The van der Waals surface area contributed by atoms with Crippen molar-refractivity contribution in [2.75, 3.05) is 13.2 Å². The van der Waals surface area contributed by atoms with Crippen molar-refractivity contribution in [1.29, 1.82) is 0 Å². The van der Waals surface area contributed by atoms with Gasteiger partial charge in [-0.3, -0.25) is 4.79 Å². The first kappa shape index (κ1) is 26.1. The molecule has 0 aliphatic rings. The molecule has 0 bridgehead atoms. The molecule has 0 rings (SSSR count). The van der Waals surface area contributed by atoms with Crippen LogP contribution in [0.5, 0.6) is 0 Å². The molecule has 0 saturated carbocycles. The molecule has 2 N–H and O–H groups in total. The van der Waals surface area contributed by atoms with Crippen LogP contribution in [-0.4, -0.2) is 36.4 Å². The Balaban J connectivity index is 3.64. The van der Waals surface area contributed by atoms with Crippen molar-refractivity contribution in [2.45, 2.75) is 110 Å². The summed E-state index contributed by atoms with van der Waals surface area (Å²) in [6.45, 7) is 9.05. The lowest BCUT2D eigenvalue weighted by Crippen LogP contribution is -2.36. The molecule has 27 heavy (non-hydrogen) atoms. The van der Waals surface area contributed by atoms with Gasteiger partial charge in [-0.05, 0) is 45.4 Å². The second kappa shape index (κ2) is 19.9. The number of unbranched alkanes of at least 4 members (excludes halogenated alkanes) is 7. The Morgan fingerprint density at radius 3 is 2.44 bits per heavy atom. The molecule has 0 spiro atoms. The molecule has 0 heterocycles. The number of hydrogen-bond donors (Lipinski definition) is 2. The molecule has 0 aliphatic heterocycles. The number of carbonyl (C=O) groups is 1. The molecule has 1 radical (unpaired) electrons. The number of amides is 1. The second-order valence-electron chi connectivity index (χ2n) is 7.29. The van der Waals surface area contributed by atoms with Crippen molar-refractivity contribution >= 4 is 5.91 Å². The van der Waals surface area contributed by atoms with Crippen LogP contribution < -0.4 is 5.32 Å². The quantitative estimate of drug-likeness (QED) is 0.234. The summed E-state index contributed by atoms with van der Waals surface area (Å²) in [5.41, 5.74) is 0. The third kappa shape index (κ3) is 17.0. The lowest BCUT2D eigenvalue weighted by molar-refractivity contribution is -0.133. The predicted octanol–water partition coefficient (Wildman–Crippen LogP) is 5.35. The van der Waals surface area contributed by atoms with Gasteiger partial charge in [-0.1, -0.05) is 70.9 Å². The molecular weight excluding hydrogens is 338 g/mol. The highest BCUT2D eigenvalue weighted by Gasteiger charge is 2.17. The minimum Gasteiger partial charge on any atom is -0.393 e. The molecule has 4 heteroatoms. The number of ether oxygens (including phenoxy) is 1. The number of carbonyl (C=O) groups excluding carboxylic acids is 1. The van der Waals surface area contributed by atoms with Gasteiger partial charge in [0.05, 0.1) is 6.10 Å². The van der Waals surface area contributed by atoms with Crippen LogP contribution in [0, 0.1) is 6.92 Å². The summed E-state index contributed by atoms with van der Waals surface area (Å²) in [6, 6.07) is 0. The Labute approximate surface area is 168 Å². The molecule has 159 valence electrons. The number of aliphatic hydroxyl groups excluding tert-OH is 1. The average Bonchev–Trinajstić information content (AvgIpc) is 2.67. The van der Waals surface area contributed by atoms with E-state index in [-0.39, 0.29) is 18.1 Å². The summed E-state index contributed by atoms with van der Waals surface area (Å²) in [7, 11) is 0. The van der Waals surface area contributed by atoms with Gasteiger partial charge in [-0.25, -0.2) is 0 Å². The van der Waals surface area contributed by atoms with E-state index < -0.39 is 0 Å². The van der Waals surface area contributed by atoms with Crippen LogP contribution >= 0.6 is 0 Å². The fourth-order valence-electron chi connectivity index (χ4n) is 3.06. The molecule has 0 aromatic heterocycles. The van der Waals surface area contributed by atoms with Crippen LogP contribution in [0.1, 0.15) is 97.3 Å². The highest BCUT2D eigenvalue weighted by atomic mass is 16.5. The van der Waals surface area contributed by atoms with Crippen LogP contribution in [-0.2, 0) is 9.53 Å². The SMILES string of the molecule is [CH2]CCNC(=O)C(CCCCCC/C=C\CC(O)CCCCCC)OCC. The van der Waals surface area contributed by atoms with E-state index in [1.54, 1.807) is 0 Å². The van der Waals surface area contributed by atoms with Crippen LogP contribution in [0.4, 0.5) is 0 Å². The molecular formula is C23H44NO3. The van der Waals surface area contributed by atoms with Gasteiger partial charge in [0.2, 0.25) is 5.91 Å². The van der Waals surface area contributed by atoms with E-state index in [1.807, 2.05) is 6.92 Å². The largest absolute Gasteiger partial charge is 0.393 e. The first-order valence-electron chi connectivity index (χ1n) is 11.2. The molecule has 4 nitrogen and oxygen atoms in total. The van der Waals surface area contributed by atoms with Gasteiger partial charge in [0.15, 0.2) is 0 Å². The van der Waals surface area contributed by atoms with Gasteiger partial charge in [0, 0.05) is 13.2 Å². The third-order valence-electron chi connectivity index (χ3n) is 4.69. The normalized spacial score (nSPS) is 13.8. The van der Waals surface area contributed by atoms with E-state index in [0.717, 1.165) is 51.4 Å². The van der Waals surface area contributed by atoms with E-state index in [2.05, 4.69) is 31.3 Å². The van der Waals surface area contributed by atoms with Gasteiger partial charge in [-0.15, -0.1) is 0 Å². The molecule has 2 atom stereocenters. The lowest BCUT2D eigenvalue weighted by Gasteiger charge is -2.16. The van der Waals surface area contributed by atoms with Crippen LogP contribution in [0.25, 0.3) is 0 Å². The Hall–Kier alpha value is -0.870. The molecule has 0 fully saturated rings. The lowest BCUT2D eigenvalue weighted by atomic mass is 10.1. The zero-order valence-corrected chi connectivity index (χ0v) is 17.9. The fraction of sp³-hybridized carbons (Fsp3) is 0.826. The van der Waals surface area contributed by atoms with E-state index in [4.69, 9.17) is 4.74 Å². The zero-order chi connectivity index (χ0) is 20.2. The summed E-state index contributed by atoms with van der Waals surface area (Å²) >= 11 is 0. The molecule has 2 unspecified atom stereocenters. The van der Waals surface area contributed by atoms with Gasteiger partial charge in [-0.2, -0.15) is 0 Å². The number of hydrogen-bond acceptors (Lipinski definition) is 3. The Morgan fingerprint density at radius 2 is 1.74 bits per heavy atom. The monoisotopic (exact) mass is 382 g/mol. The smallest absolute Gasteiger partial charge is 0.249 e. The molecule has 0 aliphatic carbocycles. The summed E-state index contributed by atoms with van der Waals surface area (Å²) in [5, 5.41) is 12.8. The fourth-order valence-corrected chi connectivity index (χ4v) is 3.06. The van der Waals surface area contributed by atoms with E-state index in [1.165, 1.54) is 25.7 Å². The van der Waals surface area contributed by atoms with Crippen molar-refractivity contribution in [3.8, 4) is 0 Å². The Kier molecular flexibility index (Phi) is 19.2. The Bertz CT molecular complexity index is 358. The Morgan fingerprint density at radius 1 is 1.04 bits per heavy atom. The minimum absolute atomic E-state index is 0.00307. The number of allylic oxidation sites excluding steroid dienone is 1. The molecule has 1 amide bonds. The summed E-state index contributed by atoms with van der Waals surface area (Å²) in [4.78, 5) is 12.0. The second-order valence-corrected chi connectivity index (χ2v) is 7.29. The number of nitrogens with one attached hydrogen (secondary N) is 1. The zero-order valence-electron chi connectivity index (χ0n) is 17.9. The van der Waals surface area contributed by atoms with Gasteiger partial charge < -0.3 is 15.2 Å². The first-order valence-corrected chi connectivity index (χ1v) is 11.2. The van der Waals surface area contributed by atoms with E-state index in [9.17, 15) is 9.90 Å². The van der Waals surface area contributed by atoms with Crippen molar-refractivity contribution in [1.82, 2.24) is 5.32 Å². The van der Waals surface area contributed by atoms with Crippen LogP contribution in [0.3, 0.4) is 0 Å². The van der Waals surface area contributed by atoms with Crippen molar-refractivity contribution in [3.63, 3.8) is 0 Å². The van der Waals surface area contributed by atoms with Crippen molar-refractivity contribution in [3.05, 3.63) is 19.1 Å². The highest BCUT2D eigenvalue weighted by Crippen LogP contribution is 2.12. The minimum atomic E-state index is -0.319. The molecule has 0 saturated heterocycles. The topological polar surface area (TPSA) is 58.6 Å². The highest BCUT2D eigenvalue weighted by molar-refractivity contribution is 5.80. The summed E-state index contributed by atoms with van der Waals surface area (Å²) in [6.07, 6.45) is 17.5. The number of rotatable bonds is 19. The maximum Gasteiger partial charge on any atom is 0.249 e. The number of aliphatic hydroxyl groups is 1. The van der Waals surface area contributed by atoms with Crippen LogP contribution in [0.15, 0.2) is 12.2 Å². The standard InChI is InChI=1S/C23H44NO3/c1-4-7-8-14-17-21(25)18-15-12-10-9-11-13-16-19-22(27-6-3)23(26)24-20-5-2/h12,15,21-22,25H,2,4-11,13-14,16-20H2,1,3H3,(H,24,26)/b15-12-. The first-order chi connectivity index (χ1) is 13.2. The van der Waals surface area contributed by atoms with Crippen molar-refractivity contribution < 1.29 is 14.6 Å². The third-order valence-corrected chi connectivity index (χ3v) is 4.69. The predicted molar refractivity (Wildman–Crippen MR) is 115 cm³/mol. The summed E-state index contributed by atoms with van der Waals surface area (Å²) in [5.74, 6) is -0.00307. The van der Waals surface area contributed by atoms with Gasteiger partial charge in [0.1, 0.15) is 6.10 Å². The average molecular weight is 383 g/mol. The molecule has 0 aromatic carbocycles. The van der Waals surface area contributed by atoms with Gasteiger partial charge >= 0.3 is 0 Å².